The van der Waals surface area contributed by atoms with E-state index in [0.717, 1.165) is 33.5 Å². The van der Waals surface area contributed by atoms with Crippen LogP contribution in [-0.2, 0) is 11.3 Å². The summed E-state index contributed by atoms with van der Waals surface area (Å²) in [5.74, 6) is -0.406. The van der Waals surface area contributed by atoms with Gasteiger partial charge < -0.3 is 4.74 Å². The van der Waals surface area contributed by atoms with Gasteiger partial charge in [0.1, 0.15) is 0 Å². The summed E-state index contributed by atoms with van der Waals surface area (Å²) in [4.78, 5) is 25.9. The highest BCUT2D eigenvalue weighted by Crippen LogP contribution is 2.26. The molecule has 4 aromatic carbocycles. The molecule has 0 amide bonds. The van der Waals surface area contributed by atoms with Gasteiger partial charge in [-0.15, -0.1) is 0 Å². The normalized spacial score (nSPS) is 11.1. The smallest absolute Gasteiger partial charge is 0.338 e. The molecule has 0 radical (unpaired) electrons. The number of benzene rings is 4. The molecule has 0 N–H and O–H groups in total. The molecule has 36 heavy (non-hydrogen) atoms. The van der Waals surface area contributed by atoms with E-state index in [1.807, 2.05) is 67.6 Å². The second-order valence-corrected chi connectivity index (χ2v) is 9.35. The van der Waals surface area contributed by atoms with E-state index in [2.05, 4.69) is 0 Å². The maximum atomic E-state index is 13.8. The molecule has 1 aromatic heterocycles. The van der Waals surface area contributed by atoms with Crippen LogP contribution in [0.1, 0.15) is 21.5 Å². The van der Waals surface area contributed by atoms with Crippen LogP contribution < -0.4 is 5.69 Å². The van der Waals surface area contributed by atoms with Crippen molar-refractivity contribution in [2.24, 2.45) is 0 Å². The van der Waals surface area contributed by atoms with Crippen molar-refractivity contribution in [1.29, 1.82) is 0 Å². The van der Waals surface area contributed by atoms with Crippen LogP contribution in [-0.4, -0.2) is 22.2 Å². The number of carbonyl (C=O) groups is 1. The zero-order valence-electron chi connectivity index (χ0n) is 19.7. The van der Waals surface area contributed by atoms with Gasteiger partial charge in [-0.3, -0.25) is 9.13 Å². The summed E-state index contributed by atoms with van der Waals surface area (Å²) in [5, 5.41) is 1.22. The predicted octanol–water partition coefficient (Wildman–Crippen LogP) is 6.91. The summed E-state index contributed by atoms with van der Waals surface area (Å²) in [6.07, 6.45) is 0. The molecule has 180 valence electrons. The average Bonchev–Trinajstić information content (AvgIpc) is 3.15. The summed E-state index contributed by atoms with van der Waals surface area (Å²) in [6, 6.07) is 26.2. The van der Waals surface area contributed by atoms with Crippen molar-refractivity contribution in [2.45, 2.75) is 13.5 Å². The fourth-order valence-corrected chi connectivity index (χ4v) is 4.73. The SMILES string of the molecule is COC(=O)c1cccc(Cn2c(=O)n(-c3ccc(-c4ccc(Cl)cc4)cc3)c3cc(Cl)ccc32)c1C. The number of hydrogen-bond donors (Lipinski definition) is 0. The number of nitrogens with zero attached hydrogens (tertiary/aromatic N) is 2. The fourth-order valence-electron chi connectivity index (χ4n) is 4.43. The van der Waals surface area contributed by atoms with Crippen LogP contribution in [0.2, 0.25) is 10.0 Å². The minimum atomic E-state index is -0.406. The molecule has 0 aliphatic rings. The molecule has 0 fully saturated rings. The number of halogens is 2. The Balaban J connectivity index is 1.61. The van der Waals surface area contributed by atoms with Crippen molar-refractivity contribution < 1.29 is 9.53 Å². The Morgan fingerprint density at radius 1 is 0.833 bits per heavy atom. The lowest BCUT2D eigenvalue weighted by Crippen LogP contribution is -2.24. The van der Waals surface area contributed by atoms with Crippen molar-refractivity contribution in [3.8, 4) is 16.8 Å². The number of rotatable bonds is 5. The molecule has 5 rings (SSSR count). The Hall–Kier alpha value is -3.80. The van der Waals surface area contributed by atoms with Crippen LogP contribution >= 0.6 is 23.2 Å². The molecule has 0 bridgehead atoms. The standard InChI is InChI=1S/C29H22Cl2N2O3/c1-18-21(4-3-5-25(18)28(34)36-2)17-32-26-15-12-23(31)16-27(26)33(29(32)35)24-13-8-20(9-14-24)19-6-10-22(30)11-7-19/h3-16H,17H2,1-2H3. The largest absolute Gasteiger partial charge is 0.465 e. The van der Waals surface area contributed by atoms with E-state index in [4.69, 9.17) is 27.9 Å². The van der Waals surface area contributed by atoms with Gasteiger partial charge in [0.2, 0.25) is 0 Å². The Morgan fingerprint density at radius 2 is 1.47 bits per heavy atom. The predicted molar refractivity (Wildman–Crippen MR) is 145 cm³/mol. The van der Waals surface area contributed by atoms with Gasteiger partial charge in [-0.25, -0.2) is 9.59 Å². The van der Waals surface area contributed by atoms with Gasteiger partial charge in [-0.2, -0.15) is 0 Å². The second-order valence-electron chi connectivity index (χ2n) is 8.47. The first kappa shape index (κ1) is 23.9. The quantitative estimate of drug-likeness (QED) is 0.238. The van der Waals surface area contributed by atoms with Crippen LogP contribution in [0.4, 0.5) is 0 Å². The molecule has 0 aliphatic carbocycles. The summed E-state index contributed by atoms with van der Waals surface area (Å²) in [5.41, 5.74) is 6.13. The zero-order chi connectivity index (χ0) is 25.4. The number of ether oxygens (including phenoxy) is 1. The van der Waals surface area contributed by atoms with Crippen molar-refractivity contribution >= 4 is 40.2 Å². The van der Waals surface area contributed by atoms with E-state index in [1.165, 1.54) is 7.11 Å². The highest BCUT2D eigenvalue weighted by Gasteiger charge is 2.18. The van der Waals surface area contributed by atoms with Gasteiger partial charge in [0.15, 0.2) is 0 Å². The molecule has 5 nitrogen and oxygen atoms in total. The van der Waals surface area contributed by atoms with Crippen LogP contribution in [0, 0.1) is 6.92 Å². The Labute approximate surface area is 218 Å². The average molecular weight is 517 g/mol. The molecular formula is C29H22Cl2N2O3. The van der Waals surface area contributed by atoms with E-state index in [1.54, 1.807) is 33.4 Å². The van der Waals surface area contributed by atoms with Crippen molar-refractivity contribution in [3.05, 3.63) is 122 Å². The number of methoxy groups -OCH3 is 1. The Bertz CT molecular complexity index is 1650. The van der Waals surface area contributed by atoms with Gasteiger partial charge in [0.05, 0.1) is 35.9 Å². The van der Waals surface area contributed by atoms with Gasteiger partial charge in [-0.05, 0) is 77.7 Å². The maximum absolute atomic E-state index is 13.8. The molecule has 0 unspecified atom stereocenters. The third kappa shape index (κ3) is 4.32. The van der Waals surface area contributed by atoms with Gasteiger partial charge in [0.25, 0.3) is 0 Å². The van der Waals surface area contributed by atoms with Gasteiger partial charge >= 0.3 is 11.7 Å². The minimum absolute atomic E-state index is 0.200. The minimum Gasteiger partial charge on any atom is -0.465 e. The summed E-state index contributed by atoms with van der Waals surface area (Å²) in [7, 11) is 1.36. The number of fused-ring (bicyclic) bond motifs is 1. The van der Waals surface area contributed by atoms with Crippen LogP contribution in [0.3, 0.4) is 0 Å². The first-order valence-electron chi connectivity index (χ1n) is 11.3. The lowest BCUT2D eigenvalue weighted by atomic mass is 10.0. The monoisotopic (exact) mass is 516 g/mol. The van der Waals surface area contributed by atoms with Crippen molar-refractivity contribution in [2.75, 3.05) is 7.11 Å². The third-order valence-electron chi connectivity index (χ3n) is 6.37. The number of imidazole rings is 1. The molecule has 0 atom stereocenters. The molecular weight excluding hydrogens is 495 g/mol. The highest BCUT2D eigenvalue weighted by atomic mass is 35.5. The molecule has 0 saturated carbocycles. The maximum Gasteiger partial charge on any atom is 0.338 e. The van der Waals surface area contributed by atoms with E-state index >= 15 is 0 Å². The van der Waals surface area contributed by atoms with Gasteiger partial charge in [0, 0.05) is 10.0 Å². The highest BCUT2D eigenvalue weighted by molar-refractivity contribution is 6.31. The van der Waals surface area contributed by atoms with Crippen molar-refractivity contribution in [3.63, 3.8) is 0 Å². The number of carbonyl (C=O) groups excluding carboxylic acids is 1. The van der Waals surface area contributed by atoms with Crippen LogP contribution in [0.5, 0.6) is 0 Å². The summed E-state index contributed by atoms with van der Waals surface area (Å²) >= 11 is 12.3. The topological polar surface area (TPSA) is 53.2 Å². The molecule has 0 spiro atoms. The lowest BCUT2D eigenvalue weighted by molar-refractivity contribution is 0.0599. The Kier molecular flexibility index (Phi) is 6.44. The molecule has 0 aliphatic heterocycles. The first-order chi connectivity index (χ1) is 17.4. The molecule has 7 heteroatoms. The van der Waals surface area contributed by atoms with E-state index in [0.29, 0.717) is 27.7 Å². The van der Waals surface area contributed by atoms with Crippen molar-refractivity contribution in [1.82, 2.24) is 9.13 Å². The second kappa shape index (κ2) is 9.69. The molecule has 0 saturated heterocycles. The molecule has 1 heterocycles. The number of aromatic nitrogens is 2. The van der Waals surface area contributed by atoms with Crippen LogP contribution in [0.25, 0.3) is 27.8 Å². The third-order valence-corrected chi connectivity index (χ3v) is 6.86. The lowest BCUT2D eigenvalue weighted by Gasteiger charge is -2.11. The summed E-state index contributed by atoms with van der Waals surface area (Å²) in [6.45, 7) is 2.15. The zero-order valence-corrected chi connectivity index (χ0v) is 21.2. The number of esters is 1. The summed E-state index contributed by atoms with van der Waals surface area (Å²) < 4.78 is 8.26. The van der Waals surface area contributed by atoms with Gasteiger partial charge in [-0.1, -0.05) is 59.6 Å². The fraction of sp³-hybridized carbons (Fsp3) is 0.103. The number of hydrogen-bond acceptors (Lipinski definition) is 3. The van der Waals surface area contributed by atoms with E-state index < -0.39 is 5.97 Å². The Morgan fingerprint density at radius 3 is 2.14 bits per heavy atom. The van der Waals surface area contributed by atoms with Crippen LogP contribution in [0.15, 0.2) is 89.7 Å². The molecule has 5 aromatic rings. The first-order valence-corrected chi connectivity index (χ1v) is 12.1. The van der Waals surface area contributed by atoms with E-state index in [-0.39, 0.29) is 5.69 Å². The van der Waals surface area contributed by atoms with E-state index in [9.17, 15) is 9.59 Å².